The van der Waals surface area contributed by atoms with Crippen LogP contribution in [0.2, 0.25) is 5.02 Å². The van der Waals surface area contributed by atoms with Gasteiger partial charge in [-0.15, -0.1) is 24.9 Å². The number of rotatable bonds is 12. The largest absolute Gasteiger partial charge is 0.394 e. The molecule has 3 heterocycles. The maximum atomic E-state index is 15.1. The molecule has 44 heavy (non-hydrogen) atoms. The molecular weight excluding hydrogens is 662 g/mol. The van der Waals surface area contributed by atoms with Gasteiger partial charge in [0.05, 0.1) is 39.9 Å². The van der Waals surface area contributed by atoms with Crippen LogP contribution in [-0.4, -0.2) is 79.7 Å². The fraction of sp³-hybridized carbons (Fsp3) is 0.441. The summed E-state index contributed by atoms with van der Waals surface area (Å²) in [5.74, 6) is -2.02. The van der Waals surface area contributed by atoms with Gasteiger partial charge in [-0.3, -0.25) is 14.4 Å². The van der Waals surface area contributed by atoms with Gasteiger partial charge in [0.1, 0.15) is 6.04 Å². The van der Waals surface area contributed by atoms with E-state index in [1.807, 2.05) is 56.3 Å². The van der Waals surface area contributed by atoms with Crippen molar-refractivity contribution < 1.29 is 19.5 Å². The summed E-state index contributed by atoms with van der Waals surface area (Å²) in [4.78, 5) is 49.1. The lowest BCUT2D eigenvalue weighted by Crippen LogP contribution is -2.56. The topological polar surface area (TPSA) is 81.2 Å². The van der Waals surface area contributed by atoms with Gasteiger partial charge in [0.15, 0.2) is 0 Å². The molecule has 234 valence electrons. The van der Waals surface area contributed by atoms with Crippen molar-refractivity contribution in [1.29, 1.82) is 0 Å². The standard InChI is InChI=1S/C34H39BrClN3O4S/c1-5-16-37(17-6-2)31(41)26-27-32(42)39(25(20-40)22-13-9-8-10-14-22)30(34(27)19-23(35)29(26)44-34)33(43)38(18-7-3)28-21(4)12-11-15-24(28)36/h5,7-15,23,25-27,29-30,40H,1,3,6,16-20H2,2,4H3/t23?,25-,26+,27+,29+,30?,34?/m1/s1. The summed E-state index contributed by atoms with van der Waals surface area (Å²) in [6.07, 6.45) is 4.66. The minimum atomic E-state index is -0.958. The second-order valence-electron chi connectivity index (χ2n) is 11.7. The fourth-order valence-electron chi connectivity index (χ4n) is 7.46. The summed E-state index contributed by atoms with van der Waals surface area (Å²) in [6.45, 7) is 12.4. The lowest BCUT2D eigenvalue weighted by Gasteiger charge is -2.40. The van der Waals surface area contributed by atoms with Crippen LogP contribution in [0.25, 0.3) is 0 Å². The Labute approximate surface area is 277 Å². The number of nitrogens with zero attached hydrogens (tertiary/aromatic N) is 3. The van der Waals surface area contributed by atoms with E-state index in [0.29, 0.717) is 30.2 Å². The van der Waals surface area contributed by atoms with Crippen molar-refractivity contribution in [2.24, 2.45) is 11.8 Å². The van der Waals surface area contributed by atoms with E-state index in [1.165, 1.54) is 0 Å². The zero-order valence-electron chi connectivity index (χ0n) is 25.1. The number of likely N-dealkylation sites (tertiary alicyclic amines) is 1. The summed E-state index contributed by atoms with van der Waals surface area (Å²) in [6, 6.07) is 13.0. The van der Waals surface area contributed by atoms with E-state index in [4.69, 9.17) is 11.6 Å². The van der Waals surface area contributed by atoms with Gasteiger partial charge in [-0.05, 0) is 37.0 Å². The van der Waals surface area contributed by atoms with E-state index in [0.717, 1.165) is 17.5 Å². The van der Waals surface area contributed by atoms with Crippen molar-refractivity contribution in [2.45, 2.75) is 53.6 Å². The second kappa shape index (κ2) is 13.4. The van der Waals surface area contributed by atoms with E-state index in [2.05, 4.69) is 29.1 Å². The van der Waals surface area contributed by atoms with Gasteiger partial charge in [0.2, 0.25) is 11.8 Å². The van der Waals surface area contributed by atoms with Crippen LogP contribution in [0, 0.1) is 18.8 Å². The van der Waals surface area contributed by atoms with E-state index >= 15 is 4.79 Å². The number of carbonyl (C=O) groups is 3. The Morgan fingerprint density at radius 1 is 1.16 bits per heavy atom. The number of benzene rings is 2. The average molecular weight is 701 g/mol. The van der Waals surface area contributed by atoms with Crippen LogP contribution in [-0.2, 0) is 14.4 Å². The Balaban J connectivity index is 1.69. The normalized spacial score (nSPS) is 27.6. The molecule has 2 bridgehead atoms. The Kier molecular flexibility index (Phi) is 10.00. The van der Waals surface area contributed by atoms with Crippen LogP contribution in [0.4, 0.5) is 5.69 Å². The highest BCUT2D eigenvalue weighted by atomic mass is 79.9. The van der Waals surface area contributed by atoms with Gasteiger partial charge in [0, 0.05) is 29.7 Å². The number of aryl methyl sites for hydroxylation is 1. The molecule has 7 nitrogen and oxygen atoms in total. The number of fused-ring (bicyclic) bond motifs is 1. The van der Waals surface area contributed by atoms with Gasteiger partial charge < -0.3 is 19.8 Å². The molecule has 0 aromatic heterocycles. The fourth-order valence-corrected chi connectivity index (χ4v) is 11.4. The number of hydrogen-bond acceptors (Lipinski definition) is 5. The van der Waals surface area contributed by atoms with Crippen molar-refractivity contribution in [1.82, 2.24) is 9.80 Å². The van der Waals surface area contributed by atoms with Gasteiger partial charge >= 0.3 is 0 Å². The Morgan fingerprint density at radius 2 is 1.86 bits per heavy atom. The number of carbonyl (C=O) groups excluding carboxylic acids is 3. The molecule has 0 saturated carbocycles. The summed E-state index contributed by atoms with van der Waals surface area (Å²) < 4.78 is -0.893. The molecule has 0 aliphatic carbocycles. The van der Waals surface area contributed by atoms with Crippen LogP contribution in [0.3, 0.4) is 0 Å². The number of thioether (sulfide) groups is 1. The lowest BCUT2D eigenvalue weighted by molar-refractivity contribution is -0.145. The molecule has 0 radical (unpaired) electrons. The van der Waals surface area contributed by atoms with Gasteiger partial charge in [-0.25, -0.2) is 0 Å². The number of alkyl halides is 1. The summed E-state index contributed by atoms with van der Waals surface area (Å²) >= 11 is 12.2. The van der Waals surface area contributed by atoms with Crippen molar-refractivity contribution in [3.8, 4) is 0 Å². The third-order valence-corrected chi connectivity index (χ3v) is 12.7. The van der Waals surface area contributed by atoms with Crippen LogP contribution >= 0.6 is 39.3 Å². The summed E-state index contributed by atoms with van der Waals surface area (Å²) in [5, 5.41) is 11.1. The van der Waals surface area contributed by atoms with E-state index in [9.17, 15) is 14.7 Å². The van der Waals surface area contributed by atoms with Crippen molar-refractivity contribution >= 4 is 62.7 Å². The molecule has 7 atom stereocenters. The highest BCUT2D eigenvalue weighted by Gasteiger charge is 2.76. The van der Waals surface area contributed by atoms with Crippen molar-refractivity contribution in [3.63, 3.8) is 0 Å². The smallest absolute Gasteiger partial charge is 0.251 e. The number of anilines is 1. The third kappa shape index (κ3) is 5.33. The molecule has 1 spiro atoms. The second-order valence-corrected chi connectivity index (χ2v) is 14.9. The molecule has 2 aromatic carbocycles. The number of halogens is 2. The molecule has 3 fully saturated rings. The summed E-state index contributed by atoms with van der Waals surface area (Å²) in [7, 11) is 0. The van der Waals surface area contributed by atoms with E-state index in [-0.39, 0.29) is 41.0 Å². The van der Waals surface area contributed by atoms with Gasteiger partial charge in [-0.2, -0.15) is 0 Å². The summed E-state index contributed by atoms with van der Waals surface area (Å²) in [5.41, 5.74) is 2.10. The zero-order valence-corrected chi connectivity index (χ0v) is 28.2. The first-order valence-electron chi connectivity index (χ1n) is 15.0. The quantitative estimate of drug-likeness (QED) is 0.224. The first-order valence-corrected chi connectivity index (χ1v) is 17.2. The Bertz CT molecular complexity index is 1420. The monoisotopic (exact) mass is 699 g/mol. The highest BCUT2D eigenvalue weighted by Crippen LogP contribution is 2.69. The first kappa shape index (κ1) is 32.8. The predicted octanol–water partition coefficient (Wildman–Crippen LogP) is 5.79. The molecule has 5 rings (SSSR count). The SMILES string of the molecule is C=CCN(CCC)C(=O)[C@H]1[C@H]2C(=O)N([C@H](CO)c3ccccc3)C(C(=O)N(CC=C)c3c(C)cccc3Cl)C23CC(Br)[C@@H]1S3. The predicted molar refractivity (Wildman–Crippen MR) is 181 cm³/mol. The van der Waals surface area contributed by atoms with Crippen molar-refractivity contribution in [2.75, 3.05) is 31.1 Å². The molecular formula is C34H39BrClN3O4S. The number of aliphatic hydroxyl groups is 1. The zero-order chi connectivity index (χ0) is 31.8. The molecule has 3 aliphatic heterocycles. The van der Waals surface area contributed by atoms with Crippen LogP contribution in [0.5, 0.6) is 0 Å². The minimum Gasteiger partial charge on any atom is -0.394 e. The Hall–Kier alpha value is -2.59. The highest BCUT2D eigenvalue weighted by molar-refractivity contribution is 9.09. The van der Waals surface area contributed by atoms with Gasteiger partial charge in [-0.1, -0.05) is 89.1 Å². The molecule has 3 aliphatic rings. The van der Waals surface area contributed by atoms with Crippen LogP contribution in [0.1, 0.15) is 36.9 Å². The lowest BCUT2D eigenvalue weighted by atomic mass is 9.70. The van der Waals surface area contributed by atoms with E-state index < -0.39 is 28.7 Å². The molecule has 2 aromatic rings. The number of aliphatic hydroxyl groups excluding tert-OH is 1. The maximum Gasteiger partial charge on any atom is 0.251 e. The minimum absolute atomic E-state index is 0.0767. The Morgan fingerprint density at radius 3 is 2.48 bits per heavy atom. The molecule has 1 N–H and O–H groups in total. The number of hydrogen-bond donors (Lipinski definition) is 1. The van der Waals surface area contributed by atoms with Crippen LogP contribution < -0.4 is 4.90 Å². The third-order valence-electron chi connectivity index (χ3n) is 9.13. The van der Waals surface area contributed by atoms with Gasteiger partial charge in [0.25, 0.3) is 5.91 Å². The number of amides is 3. The molecule has 10 heteroatoms. The first-order chi connectivity index (χ1) is 21.2. The maximum absolute atomic E-state index is 15.1. The van der Waals surface area contributed by atoms with E-state index in [1.54, 1.807) is 44.7 Å². The van der Waals surface area contributed by atoms with Crippen molar-refractivity contribution in [3.05, 3.63) is 90.0 Å². The molecule has 3 unspecified atom stereocenters. The molecule has 3 amide bonds. The molecule has 3 saturated heterocycles. The number of para-hydroxylation sites is 1. The van der Waals surface area contributed by atoms with Crippen LogP contribution in [0.15, 0.2) is 73.8 Å². The average Bonchev–Trinajstić information content (AvgIpc) is 3.60.